The maximum Gasteiger partial charge on any atom is 0.164 e. The van der Waals surface area contributed by atoms with Gasteiger partial charge in [-0.3, -0.25) is 0 Å². The maximum atomic E-state index is 5.09. The third-order valence-corrected chi connectivity index (χ3v) is 17.3. The van der Waals surface area contributed by atoms with Crippen molar-refractivity contribution in [1.29, 1.82) is 0 Å². The van der Waals surface area contributed by atoms with Crippen LogP contribution >= 0.6 is 0 Å². The summed E-state index contributed by atoms with van der Waals surface area (Å²) in [7, 11) is 0. The van der Waals surface area contributed by atoms with Crippen LogP contribution in [0.5, 0.6) is 0 Å². The van der Waals surface area contributed by atoms with Crippen LogP contribution in [-0.2, 0) is 0 Å². The van der Waals surface area contributed by atoms with Crippen LogP contribution in [0.2, 0.25) is 0 Å². The molecule has 0 saturated carbocycles. The Morgan fingerprint density at radius 3 is 1.10 bits per heavy atom. The monoisotopic (exact) mass is 1110 g/mol. The number of para-hydroxylation sites is 3. The molecule has 0 amide bonds. The highest BCUT2D eigenvalue weighted by molar-refractivity contribution is 6.17. The van der Waals surface area contributed by atoms with Gasteiger partial charge in [-0.05, 0) is 142 Å². The van der Waals surface area contributed by atoms with Gasteiger partial charge in [-0.25, -0.2) is 15.0 Å². The van der Waals surface area contributed by atoms with E-state index >= 15 is 0 Å². The van der Waals surface area contributed by atoms with E-state index in [1.54, 1.807) is 0 Å². The fourth-order valence-corrected chi connectivity index (χ4v) is 13.2. The fourth-order valence-electron chi connectivity index (χ4n) is 13.2. The Bertz CT molecular complexity index is 5450. The summed E-state index contributed by atoms with van der Waals surface area (Å²) in [5.74, 6) is 1.90. The molecule has 0 aliphatic rings. The molecule has 0 fully saturated rings. The van der Waals surface area contributed by atoms with Gasteiger partial charge in [-0.2, -0.15) is 0 Å². The number of fused-ring (bicyclic) bond motifs is 9. The van der Waals surface area contributed by atoms with Crippen LogP contribution in [0.4, 0.5) is 0 Å². The highest BCUT2D eigenvalue weighted by Gasteiger charge is 2.21. The number of nitrogens with zero attached hydrogens (tertiary/aromatic N) is 6. The number of benzene rings is 13. The predicted octanol–water partition coefficient (Wildman–Crippen LogP) is 20.8. The number of aromatic nitrogens is 6. The molecule has 0 aliphatic carbocycles. The highest BCUT2D eigenvalue weighted by Crippen LogP contribution is 2.43. The number of hydrogen-bond acceptors (Lipinski definition) is 3. The Hall–Kier alpha value is -11.7. The molecular formula is C81H52N6. The van der Waals surface area contributed by atoms with E-state index in [1.807, 2.05) is 60.7 Å². The van der Waals surface area contributed by atoms with Gasteiger partial charge in [-0.1, -0.05) is 218 Å². The second-order valence-corrected chi connectivity index (χ2v) is 22.4. The van der Waals surface area contributed by atoms with E-state index in [2.05, 4.69) is 268 Å². The molecule has 0 atom stereocenters. The number of rotatable bonds is 10. The molecule has 4 aromatic heterocycles. The predicted molar refractivity (Wildman–Crippen MR) is 361 cm³/mol. The summed E-state index contributed by atoms with van der Waals surface area (Å²) in [6.45, 7) is 0. The van der Waals surface area contributed by atoms with Crippen molar-refractivity contribution in [3.8, 4) is 95.7 Å². The van der Waals surface area contributed by atoms with Crippen molar-refractivity contribution in [2.45, 2.75) is 0 Å². The molecule has 87 heavy (non-hydrogen) atoms. The molecule has 0 aliphatic heterocycles. The average Bonchev–Trinajstić information content (AvgIpc) is 1.75. The van der Waals surface area contributed by atoms with E-state index in [0.29, 0.717) is 17.5 Å². The summed E-state index contributed by atoms with van der Waals surface area (Å²) in [6, 6.07) is 113. The van der Waals surface area contributed by atoms with Gasteiger partial charge in [-0.15, -0.1) is 0 Å². The zero-order valence-electron chi connectivity index (χ0n) is 47.2. The van der Waals surface area contributed by atoms with E-state index in [4.69, 9.17) is 15.0 Å². The van der Waals surface area contributed by atoms with Crippen molar-refractivity contribution in [3.05, 3.63) is 315 Å². The molecule has 406 valence electrons. The van der Waals surface area contributed by atoms with Crippen molar-refractivity contribution in [2.75, 3.05) is 0 Å². The van der Waals surface area contributed by atoms with Crippen LogP contribution < -0.4 is 0 Å². The molecule has 0 radical (unpaired) electrons. The summed E-state index contributed by atoms with van der Waals surface area (Å²) in [4.78, 5) is 15.1. The van der Waals surface area contributed by atoms with Gasteiger partial charge < -0.3 is 13.7 Å². The Labute approximate surface area is 502 Å². The Kier molecular flexibility index (Phi) is 11.8. The van der Waals surface area contributed by atoms with Crippen molar-refractivity contribution in [3.63, 3.8) is 0 Å². The standard InChI is InChI=1S/C81H52N6/c1-5-21-53(22-6-1)58-41-44-75-70(50-58)71-52-60(59-42-45-74-69(51-59)67-35-13-15-38-72(67)85(74)63-31-11-4-12-32-63)43-46-76(71)86(75)64-33-18-27-56(48-64)57-28-19-34-65(49-57)87-73-39-16-14-36-68(73)78-66(37-20-40-77(78)87)61-29-17-30-62(47-61)81-83-79(54-23-7-2-8-24-54)82-80(84-81)55-25-9-3-10-26-55/h1-52H. The first kappa shape index (κ1) is 49.8. The second kappa shape index (κ2) is 20.6. The van der Waals surface area contributed by atoms with Crippen LogP contribution in [0.25, 0.3) is 161 Å². The molecule has 0 bridgehead atoms. The first-order valence-electron chi connectivity index (χ1n) is 29.6. The summed E-state index contributed by atoms with van der Waals surface area (Å²) in [6.07, 6.45) is 0. The molecule has 17 aromatic rings. The normalized spacial score (nSPS) is 11.7. The molecule has 0 unspecified atom stereocenters. The molecule has 0 N–H and O–H groups in total. The maximum absolute atomic E-state index is 5.09. The smallest absolute Gasteiger partial charge is 0.164 e. The molecular weight excluding hydrogens is 1060 g/mol. The van der Waals surface area contributed by atoms with Gasteiger partial charge in [0.15, 0.2) is 17.5 Å². The Morgan fingerprint density at radius 1 is 0.184 bits per heavy atom. The van der Waals surface area contributed by atoms with E-state index in [0.717, 1.165) is 78.1 Å². The van der Waals surface area contributed by atoms with Crippen molar-refractivity contribution in [2.24, 2.45) is 0 Å². The van der Waals surface area contributed by atoms with E-state index in [1.165, 1.54) is 65.6 Å². The van der Waals surface area contributed by atoms with Crippen LogP contribution in [0.3, 0.4) is 0 Å². The van der Waals surface area contributed by atoms with Crippen molar-refractivity contribution in [1.82, 2.24) is 28.7 Å². The quantitative estimate of drug-likeness (QED) is 0.137. The van der Waals surface area contributed by atoms with Crippen LogP contribution in [0.1, 0.15) is 0 Å². The largest absolute Gasteiger partial charge is 0.309 e. The topological polar surface area (TPSA) is 53.5 Å². The lowest BCUT2D eigenvalue weighted by Crippen LogP contribution is -2.00. The second-order valence-electron chi connectivity index (χ2n) is 22.4. The van der Waals surface area contributed by atoms with Gasteiger partial charge >= 0.3 is 0 Å². The van der Waals surface area contributed by atoms with Crippen molar-refractivity contribution >= 4 is 65.4 Å². The highest BCUT2D eigenvalue weighted by atomic mass is 15.0. The summed E-state index contributed by atoms with van der Waals surface area (Å²) in [5, 5.41) is 7.26. The van der Waals surface area contributed by atoms with E-state index in [9.17, 15) is 0 Å². The molecule has 0 spiro atoms. The van der Waals surface area contributed by atoms with E-state index in [-0.39, 0.29) is 0 Å². The van der Waals surface area contributed by atoms with Gasteiger partial charge in [0.25, 0.3) is 0 Å². The summed E-state index contributed by atoms with van der Waals surface area (Å²) >= 11 is 0. The fraction of sp³-hybridized carbons (Fsp3) is 0. The molecule has 6 heteroatoms. The van der Waals surface area contributed by atoms with Crippen LogP contribution in [0, 0.1) is 0 Å². The lowest BCUT2D eigenvalue weighted by Gasteiger charge is -2.13. The first-order valence-corrected chi connectivity index (χ1v) is 29.6. The summed E-state index contributed by atoms with van der Waals surface area (Å²) < 4.78 is 7.25. The molecule has 6 nitrogen and oxygen atoms in total. The number of hydrogen-bond donors (Lipinski definition) is 0. The zero-order valence-corrected chi connectivity index (χ0v) is 47.2. The van der Waals surface area contributed by atoms with E-state index < -0.39 is 0 Å². The van der Waals surface area contributed by atoms with Crippen LogP contribution in [0.15, 0.2) is 315 Å². The van der Waals surface area contributed by atoms with Crippen molar-refractivity contribution < 1.29 is 0 Å². The van der Waals surface area contributed by atoms with Gasteiger partial charge in [0.2, 0.25) is 0 Å². The third-order valence-electron chi connectivity index (χ3n) is 17.3. The van der Waals surface area contributed by atoms with Crippen LogP contribution in [-0.4, -0.2) is 28.7 Å². The minimum Gasteiger partial charge on any atom is -0.309 e. The lowest BCUT2D eigenvalue weighted by atomic mass is 9.97. The zero-order chi connectivity index (χ0) is 57.4. The van der Waals surface area contributed by atoms with Gasteiger partial charge in [0, 0.05) is 66.1 Å². The molecule has 0 saturated heterocycles. The Morgan fingerprint density at radius 2 is 0.529 bits per heavy atom. The first-order chi connectivity index (χ1) is 43.1. The minimum absolute atomic E-state index is 0.624. The average molecular weight is 1110 g/mol. The minimum atomic E-state index is 0.624. The Balaban J connectivity index is 0.765. The SMILES string of the molecule is c1ccc(-c2ccc3c(c2)c2cc(-c4ccc5c(c4)c4ccccc4n5-c4ccccc4)ccc2n3-c2cccc(-c3cccc(-n4c5ccccc5c5c(-c6cccc(-c7nc(-c8ccccc8)nc(-c8ccccc8)n7)c6)cccc54)c3)c2)cc1. The lowest BCUT2D eigenvalue weighted by molar-refractivity contribution is 1.07. The summed E-state index contributed by atoms with van der Waals surface area (Å²) in [5.41, 5.74) is 22.3. The third kappa shape index (κ3) is 8.53. The van der Waals surface area contributed by atoms with Gasteiger partial charge in [0.05, 0.1) is 33.1 Å². The molecule has 17 rings (SSSR count). The van der Waals surface area contributed by atoms with Gasteiger partial charge in [0.1, 0.15) is 0 Å². The molecule has 13 aromatic carbocycles. The molecule has 4 heterocycles.